The molecular formula is C18H19ClN2O2S2. The first kappa shape index (κ1) is 18.4. The van der Waals surface area contributed by atoms with Gasteiger partial charge >= 0.3 is 0 Å². The fraction of sp³-hybridized carbons (Fsp3) is 0.389. The molecular weight excluding hydrogens is 376 g/mol. The van der Waals surface area contributed by atoms with Crippen LogP contribution in [0.1, 0.15) is 42.6 Å². The number of nitrogens with one attached hydrogen (secondary N) is 1. The molecule has 1 atom stereocenters. The number of carbonyl (C=O) groups is 2. The fourth-order valence-electron chi connectivity index (χ4n) is 2.76. The summed E-state index contributed by atoms with van der Waals surface area (Å²) in [6, 6.07) is 7.44. The van der Waals surface area contributed by atoms with E-state index in [-0.39, 0.29) is 22.4 Å². The highest BCUT2D eigenvalue weighted by Gasteiger charge is 2.34. The van der Waals surface area contributed by atoms with Crippen molar-refractivity contribution in [3.63, 3.8) is 0 Å². The van der Waals surface area contributed by atoms with Gasteiger partial charge in [0.05, 0.1) is 20.8 Å². The van der Waals surface area contributed by atoms with Gasteiger partial charge in [0.25, 0.3) is 0 Å². The number of ketones is 1. The van der Waals surface area contributed by atoms with Crippen LogP contribution < -0.4 is 5.32 Å². The van der Waals surface area contributed by atoms with Crippen LogP contribution >= 0.6 is 34.7 Å². The van der Waals surface area contributed by atoms with E-state index in [4.69, 9.17) is 11.6 Å². The maximum absolute atomic E-state index is 12.5. The monoisotopic (exact) mass is 394 g/mol. The van der Waals surface area contributed by atoms with Crippen molar-refractivity contribution in [2.24, 2.45) is 5.41 Å². The van der Waals surface area contributed by atoms with Crippen molar-refractivity contribution in [2.45, 2.75) is 43.8 Å². The topological polar surface area (TPSA) is 59.1 Å². The molecule has 132 valence electrons. The fourth-order valence-corrected chi connectivity index (χ4v) is 4.84. The predicted octanol–water partition coefficient (Wildman–Crippen LogP) is 5.07. The van der Waals surface area contributed by atoms with Crippen LogP contribution in [0.4, 0.5) is 5.13 Å². The van der Waals surface area contributed by atoms with Gasteiger partial charge in [0, 0.05) is 11.3 Å². The highest BCUT2D eigenvalue weighted by atomic mass is 35.5. The molecule has 2 aromatic rings. The Morgan fingerprint density at radius 1 is 1.36 bits per heavy atom. The van der Waals surface area contributed by atoms with Crippen LogP contribution in [0.15, 0.2) is 29.2 Å². The quantitative estimate of drug-likeness (QED) is 0.735. The summed E-state index contributed by atoms with van der Waals surface area (Å²) in [6.45, 7) is 5.95. The molecule has 0 fully saturated rings. The van der Waals surface area contributed by atoms with Crippen molar-refractivity contribution in [1.29, 1.82) is 0 Å². The predicted molar refractivity (Wildman–Crippen MR) is 104 cm³/mol. The van der Waals surface area contributed by atoms with Crippen LogP contribution in [0.5, 0.6) is 0 Å². The minimum atomic E-state index is -0.326. The van der Waals surface area contributed by atoms with Crippen LogP contribution in [-0.2, 0) is 11.2 Å². The Kier molecular flexibility index (Phi) is 5.23. The number of aromatic nitrogens is 1. The van der Waals surface area contributed by atoms with Crippen molar-refractivity contribution >= 4 is 51.5 Å². The zero-order valence-electron chi connectivity index (χ0n) is 14.3. The molecule has 1 amide bonds. The second-order valence-electron chi connectivity index (χ2n) is 6.92. The molecule has 0 aliphatic heterocycles. The van der Waals surface area contributed by atoms with Gasteiger partial charge in [0.2, 0.25) is 5.91 Å². The maximum Gasteiger partial charge on any atom is 0.239 e. The number of hydrogen-bond acceptors (Lipinski definition) is 5. The van der Waals surface area contributed by atoms with Crippen LogP contribution in [0, 0.1) is 5.41 Å². The summed E-state index contributed by atoms with van der Waals surface area (Å²) >= 11 is 8.81. The minimum absolute atomic E-state index is 0.0767. The number of benzene rings is 1. The van der Waals surface area contributed by atoms with Crippen molar-refractivity contribution in [1.82, 2.24) is 4.98 Å². The van der Waals surface area contributed by atoms with Gasteiger partial charge in [0.15, 0.2) is 10.9 Å². The number of thiazole rings is 1. The number of Topliss-reactive ketones (excluding diaryl/α,β-unsaturated/α-hetero) is 1. The largest absolute Gasteiger partial charge is 0.301 e. The SMILES string of the molecule is CC(Sc1ccccc1Cl)C(=O)Nc1nc2c(s1)C(=O)CC(C)(C)C2. The van der Waals surface area contributed by atoms with Crippen LogP contribution in [0.3, 0.4) is 0 Å². The lowest BCUT2D eigenvalue weighted by Crippen LogP contribution is -2.26. The highest BCUT2D eigenvalue weighted by molar-refractivity contribution is 8.00. The van der Waals surface area contributed by atoms with Crippen molar-refractivity contribution in [2.75, 3.05) is 5.32 Å². The molecule has 0 radical (unpaired) electrons. The third-order valence-electron chi connectivity index (χ3n) is 3.98. The number of hydrogen-bond donors (Lipinski definition) is 1. The van der Waals surface area contributed by atoms with E-state index in [0.717, 1.165) is 17.0 Å². The average Bonchev–Trinajstić information content (AvgIpc) is 2.90. The lowest BCUT2D eigenvalue weighted by atomic mass is 9.78. The van der Waals surface area contributed by atoms with Crippen molar-refractivity contribution < 1.29 is 9.59 Å². The van der Waals surface area contributed by atoms with Crippen LogP contribution in [0.25, 0.3) is 0 Å². The number of carbonyl (C=O) groups excluding carboxylic acids is 2. The van der Waals surface area contributed by atoms with E-state index in [1.807, 2.05) is 25.1 Å². The third kappa shape index (κ3) is 4.25. The van der Waals surface area contributed by atoms with E-state index in [9.17, 15) is 9.59 Å². The molecule has 25 heavy (non-hydrogen) atoms. The van der Waals surface area contributed by atoms with E-state index in [1.165, 1.54) is 23.1 Å². The summed E-state index contributed by atoms with van der Waals surface area (Å²) in [5.41, 5.74) is 0.722. The standard InChI is InChI=1S/C18H19ClN2O2S2/c1-10(24-14-7-5-4-6-11(14)19)16(23)21-17-20-12-8-18(2,3)9-13(22)15(12)25-17/h4-7,10H,8-9H2,1-3H3,(H,20,21,23). The highest BCUT2D eigenvalue weighted by Crippen LogP contribution is 2.38. The second-order valence-corrected chi connectivity index (χ2v) is 9.70. The minimum Gasteiger partial charge on any atom is -0.301 e. The Labute approximate surface area is 160 Å². The molecule has 3 rings (SSSR count). The van der Waals surface area contributed by atoms with Gasteiger partial charge in [-0.3, -0.25) is 9.59 Å². The number of rotatable bonds is 4. The summed E-state index contributed by atoms with van der Waals surface area (Å²) in [4.78, 5) is 30.7. The number of fused-ring (bicyclic) bond motifs is 1. The van der Waals surface area contributed by atoms with Gasteiger partial charge in [0.1, 0.15) is 0 Å². The van der Waals surface area contributed by atoms with Gasteiger partial charge in [-0.15, -0.1) is 11.8 Å². The molecule has 1 aliphatic carbocycles. The molecule has 1 N–H and O–H groups in total. The Morgan fingerprint density at radius 2 is 2.08 bits per heavy atom. The number of thioether (sulfide) groups is 1. The molecule has 1 unspecified atom stereocenters. The van der Waals surface area contributed by atoms with Crippen molar-refractivity contribution in [3.05, 3.63) is 39.9 Å². The zero-order valence-corrected chi connectivity index (χ0v) is 16.6. The molecule has 1 heterocycles. The number of nitrogens with zero attached hydrogens (tertiary/aromatic N) is 1. The second kappa shape index (κ2) is 7.09. The summed E-state index contributed by atoms with van der Waals surface area (Å²) in [5.74, 6) is -0.0366. The maximum atomic E-state index is 12.5. The number of amides is 1. The van der Waals surface area contributed by atoms with Gasteiger partial charge in [-0.25, -0.2) is 4.98 Å². The summed E-state index contributed by atoms with van der Waals surface area (Å²) < 4.78 is 0. The number of anilines is 1. The van der Waals surface area contributed by atoms with E-state index in [2.05, 4.69) is 24.1 Å². The molecule has 1 aliphatic rings. The lowest BCUT2D eigenvalue weighted by molar-refractivity contribution is -0.115. The van der Waals surface area contributed by atoms with E-state index in [1.54, 1.807) is 6.07 Å². The Bertz CT molecular complexity index is 832. The smallest absolute Gasteiger partial charge is 0.239 e. The Morgan fingerprint density at radius 3 is 2.80 bits per heavy atom. The first-order chi connectivity index (χ1) is 11.7. The van der Waals surface area contributed by atoms with E-state index in [0.29, 0.717) is 21.5 Å². The molecule has 0 bridgehead atoms. The molecule has 0 spiro atoms. The van der Waals surface area contributed by atoms with Gasteiger partial charge in [-0.05, 0) is 30.9 Å². The summed E-state index contributed by atoms with van der Waals surface area (Å²) in [7, 11) is 0. The Hall–Kier alpha value is -1.37. The molecule has 1 aromatic heterocycles. The molecule has 0 saturated carbocycles. The van der Waals surface area contributed by atoms with Gasteiger partial charge in [-0.2, -0.15) is 0 Å². The van der Waals surface area contributed by atoms with Crippen LogP contribution in [-0.4, -0.2) is 21.9 Å². The first-order valence-electron chi connectivity index (χ1n) is 8.00. The van der Waals surface area contributed by atoms with Crippen LogP contribution in [0.2, 0.25) is 5.02 Å². The molecule has 1 aromatic carbocycles. The molecule has 4 nitrogen and oxygen atoms in total. The average molecular weight is 395 g/mol. The van der Waals surface area contributed by atoms with E-state index >= 15 is 0 Å². The lowest BCUT2D eigenvalue weighted by Gasteiger charge is -2.26. The molecule has 0 saturated heterocycles. The number of halogens is 1. The summed E-state index contributed by atoms with van der Waals surface area (Å²) in [6.07, 6.45) is 1.28. The molecule has 7 heteroatoms. The van der Waals surface area contributed by atoms with Gasteiger partial charge in [-0.1, -0.05) is 48.9 Å². The third-order valence-corrected chi connectivity index (χ3v) is 6.65. The first-order valence-corrected chi connectivity index (χ1v) is 10.1. The van der Waals surface area contributed by atoms with Crippen molar-refractivity contribution in [3.8, 4) is 0 Å². The van der Waals surface area contributed by atoms with E-state index < -0.39 is 0 Å². The normalized spacial score (nSPS) is 17.0. The summed E-state index contributed by atoms with van der Waals surface area (Å²) in [5, 5.41) is 3.64. The Balaban J connectivity index is 1.70. The zero-order chi connectivity index (χ0) is 18.2. The van der Waals surface area contributed by atoms with Gasteiger partial charge < -0.3 is 5.32 Å².